The Labute approximate surface area is 223 Å². The van der Waals surface area contributed by atoms with Crippen LogP contribution in [0.5, 0.6) is 0 Å². The lowest BCUT2D eigenvalue weighted by atomic mass is 9.96. The van der Waals surface area contributed by atoms with Crippen LogP contribution in [-0.4, -0.2) is 28.5 Å². The van der Waals surface area contributed by atoms with Gasteiger partial charge in [0.05, 0.1) is 5.56 Å². The van der Waals surface area contributed by atoms with Gasteiger partial charge in [0.25, 0.3) is 0 Å². The molecule has 38 heavy (non-hydrogen) atoms. The smallest absolute Gasteiger partial charge is 0.200 e. The average molecular weight is 508 g/mol. The summed E-state index contributed by atoms with van der Waals surface area (Å²) >= 11 is 0. The minimum Gasteiger partial charge on any atom is -0.383 e. The minimum absolute atomic E-state index is 0.144. The van der Waals surface area contributed by atoms with E-state index in [0.717, 1.165) is 66.0 Å². The van der Waals surface area contributed by atoms with Gasteiger partial charge in [-0.15, -0.1) is 0 Å². The monoisotopic (exact) mass is 507 g/mol. The second kappa shape index (κ2) is 11.2. The molecule has 0 amide bonds. The normalized spacial score (nSPS) is 13.9. The van der Waals surface area contributed by atoms with Crippen LogP contribution in [0.15, 0.2) is 78.0 Å². The lowest BCUT2D eigenvalue weighted by Gasteiger charge is -2.23. The molecule has 0 aliphatic carbocycles. The number of benzene rings is 2. The fourth-order valence-corrected chi connectivity index (χ4v) is 5.13. The fraction of sp³-hybridized carbons (Fsp3) is 0.281. The van der Waals surface area contributed by atoms with Crippen molar-refractivity contribution in [2.75, 3.05) is 18.9 Å². The number of hydrogen-bond acceptors (Lipinski definition) is 5. The summed E-state index contributed by atoms with van der Waals surface area (Å²) in [6.45, 7) is 6.27. The molecule has 194 valence electrons. The van der Waals surface area contributed by atoms with Crippen LogP contribution in [0.25, 0.3) is 22.3 Å². The number of hydrogen-bond donors (Lipinski definition) is 1. The van der Waals surface area contributed by atoms with E-state index in [0.29, 0.717) is 17.3 Å². The van der Waals surface area contributed by atoms with E-state index < -0.39 is 0 Å². The van der Waals surface area contributed by atoms with Gasteiger partial charge in [-0.05, 0) is 60.9 Å². The number of pyridine rings is 2. The van der Waals surface area contributed by atoms with Gasteiger partial charge in [-0.3, -0.25) is 9.59 Å². The molecule has 6 nitrogen and oxygen atoms in total. The van der Waals surface area contributed by atoms with Crippen molar-refractivity contribution in [3.8, 4) is 22.3 Å². The molecule has 1 fully saturated rings. The number of ketones is 1. The van der Waals surface area contributed by atoms with Gasteiger partial charge in [-0.1, -0.05) is 54.1 Å². The SMILES string of the molecule is Cc1ccc(-c2cn(CC3CCOCC3)cc(C(=O)Cc3ccc(-c4c(C)ccnc4N)cc3)c2=O)cc1. The summed E-state index contributed by atoms with van der Waals surface area (Å²) in [6.07, 6.45) is 7.43. The lowest BCUT2D eigenvalue weighted by Crippen LogP contribution is -2.25. The van der Waals surface area contributed by atoms with Gasteiger partial charge >= 0.3 is 0 Å². The highest BCUT2D eigenvalue weighted by molar-refractivity contribution is 5.98. The summed E-state index contributed by atoms with van der Waals surface area (Å²) in [5, 5.41) is 0. The van der Waals surface area contributed by atoms with Gasteiger partial charge in [0, 0.05) is 55.9 Å². The third-order valence-electron chi connectivity index (χ3n) is 7.35. The molecule has 4 aromatic rings. The van der Waals surface area contributed by atoms with E-state index in [2.05, 4.69) is 4.98 Å². The third-order valence-corrected chi connectivity index (χ3v) is 7.35. The number of rotatable bonds is 7. The maximum Gasteiger partial charge on any atom is 0.200 e. The van der Waals surface area contributed by atoms with Gasteiger partial charge in [-0.25, -0.2) is 4.98 Å². The van der Waals surface area contributed by atoms with Crippen LogP contribution < -0.4 is 11.2 Å². The molecule has 2 N–H and O–H groups in total. The van der Waals surface area contributed by atoms with Crippen molar-refractivity contribution in [2.24, 2.45) is 5.92 Å². The second-order valence-electron chi connectivity index (χ2n) is 10.2. The molecule has 2 aromatic carbocycles. The van der Waals surface area contributed by atoms with E-state index in [9.17, 15) is 9.59 Å². The van der Waals surface area contributed by atoms with E-state index in [4.69, 9.17) is 10.5 Å². The van der Waals surface area contributed by atoms with Crippen molar-refractivity contribution in [1.29, 1.82) is 0 Å². The molecule has 3 heterocycles. The Morgan fingerprint density at radius 1 is 0.974 bits per heavy atom. The molecule has 0 atom stereocenters. The molecule has 1 saturated heterocycles. The van der Waals surface area contributed by atoms with Gasteiger partial charge in [0.1, 0.15) is 5.82 Å². The Morgan fingerprint density at radius 2 is 1.66 bits per heavy atom. The van der Waals surface area contributed by atoms with Crippen LogP contribution in [-0.2, 0) is 17.7 Å². The van der Waals surface area contributed by atoms with E-state index in [-0.39, 0.29) is 23.2 Å². The second-order valence-corrected chi connectivity index (χ2v) is 10.2. The largest absolute Gasteiger partial charge is 0.383 e. The van der Waals surface area contributed by atoms with Crippen molar-refractivity contribution in [3.63, 3.8) is 0 Å². The lowest BCUT2D eigenvalue weighted by molar-refractivity contribution is 0.0612. The summed E-state index contributed by atoms with van der Waals surface area (Å²) in [5.41, 5.74) is 12.3. The molecule has 0 bridgehead atoms. The molecule has 6 heteroatoms. The zero-order valence-corrected chi connectivity index (χ0v) is 21.9. The van der Waals surface area contributed by atoms with Crippen LogP contribution >= 0.6 is 0 Å². The maximum absolute atomic E-state index is 13.6. The molecule has 0 spiro atoms. The molecule has 0 radical (unpaired) electrons. The van der Waals surface area contributed by atoms with Gasteiger partial charge in [0.2, 0.25) is 0 Å². The summed E-state index contributed by atoms with van der Waals surface area (Å²) in [4.78, 5) is 31.3. The first kappa shape index (κ1) is 25.6. The van der Waals surface area contributed by atoms with Crippen LogP contribution in [0.3, 0.4) is 0 Å². The predicted octanol–water partition coefficient (Wildman–Crippen LogP) is 5.63. The van der Waals surface area contributed by atoms with E-state index in [1.165, 1.54) is 0 Å². The Bertz CT molecular complexity index is 1480. The number of aromatic nitrogens is 2. The zero-order chi connectivity index (χ0) is 26.6. The Morgan fingerprint density at radius 3 is 2.34 bits per heavy atom. The molecule has 1 aliphatic rings. The Kier molecular flexibility index (Phi) is 7.52. The molecule has 0 saturated carbocycles. The summed E-state index contributed by atoms with van der Waals surface area (Å²) in [6, 6.07) is 17.6. The molecular weight excluding hydrogens is 474 g/mol. The number of anilines is 1. The van der Waals surface area contributed by atoms with Gasteiger partial charge in [0.15, 0.2) is 11.2 Å². The van der Waals surface area contributed by atoms with E-state index >= 15 is 0 Å². The van der Waals surface area contributed by atoms with E-state index in [1.54, 1.807) is 12.4 Å². The zero-order valence-electron chi connectivity index (χ0n) is 21.9. The van der Waals surface area contributed by atoms with Gasteiger partial charge < -0.3 is 15.0 Å². The highest BCUT2D eigenvalue weighted by atomic mass is 16.5. The van der Waals surface area contributed by atoms with Crippen LogP contribution in [0.2, 0.25) is 0 Å². The molecule has 0 unspecified atom stereocenters. The number of carbonyl (C=O) groups excluding carboxylic acids is 1. The van der Waals surface area contributed by atoms with Crippen LogP contribution in [0, 0.1) is 19.8 Å². The van der Waals surface area contributed by atoms with E-state index in [1.807, 2.05) is 79.2 Å². The first-order chi connectivity index (χ1) is 18.4. The quantitative estimate of drug-likeness (QED) is 0.328. The summed E-state index contributed by atoms with van der Waals surface area (Å²) < 4.78 is 7.54. The average Bonchev–Trinajstić information content (AvgIpc) is 2.91. The Balaban J connectivity index is 1.45. The van der Waals surface area contributed by atoms with Crippen LogP contribution in [0.1, 0.15) is 39.9 Å². The number of aryl methyl sites for hydroxylation is 2. The number of ether oxygens (including phenoxy) is 1. The minimum atomic E-state index is -0.225. The molecular formula is C32H33N3O3. The summed E-state index contributed by atoms with van der Waals surface area (Å²) in [5.74, 6) is 0.748. The highest BCUT2D eigenvalue weighted by Gasteiger charge is 2.20. The predicted molar refractivity (Wildman–Crippen MR) is 151 cm³/mol. The van der Waals surface area contributed by atoms with Crippen molar-refractivity contribution in [3.05, 3.63) is 106 Å². The van der Waals surface area contributed by atoms with Crippen molar-refractivity contribution >= 4 is 11.6 Å². The maximum atomic E-state index is 13.6. The van der Waals surface area contributed by atoms with Crippen molar-refractivity contribution in [1.82, 2.24) is 9.55 Å². The highest BCUT2D eigenvalue weighted by Crippen LogP contribution is 2.28. The third kappa shape index (κ3) is 5.60. The topological polar surface area (TPSA) is 87.2 Å². The van der Waals surface area contributed by atoms with Gasteiger partial charge in [-0.2, -0.15) is 0 Å². The molecule has 2 aromatic heterocycles. The Hall–Kier alpha value is -4.03. The number of nitrogens with zero attached hydrogens (tertiary/aromatic N) is 2. The van der Waals surface area contributed by atoms with Crippen molar-refractivity contribution < 1.29 is 9.53 Å². The van der Waals surface area contributed by atoms with Crippen molar-refractivity contribution in [2.45, 2.75) is 39.7 Å². The molecule has 1 aliphatic heterocycles. The number of carbonyl (C=O) groups is 1. The fourth-order valence-electron chi connectivity index (χ4n) is 5.13. The first-order valence-corrected chi connectivity index (χ1v) is 13.1. The van der Waals surface area contributed by atoms with Crippen LogP contribution in [0.4, 0.5) is 5.82 Å². The number of nitrogen functional groups attached to an aromatic ring is 1. The number of nitrogens with two attached hydrogens (primary N) is 1. The molecule has 5 rings (SSSR count). The standard InChI is InChI=1S/C32H33N3O3/c1-21-3-7-25(8-4-21)27-19-35(18-24-12-15-38-16-13-24)20-28(31(27)37)29(36)17-23-5-9-26(10-6-23)30-22(2)11-14-34-32(30)33/h3-11,14,19-20,24H,12-13,15-18H2,1-2H3,(H2,33,34). The summed E-state index contributed by atoms with van der Waals surface area (Å²) in [7, 11) is 0. The number of Topliss-reactive ketones (excluding diaryl/α,β-unsaturated/α-hetero) is 1. The first-order valence-electron chi connectivity index (χ1n) is 13.1.